The van der Waals surface area contributed by atoms with Crippen molar-refractivity contribution in [2.75, 3.05) is 13.1 Å². The highest BCUT2D eigenvalue weighted by Gasteiger charge is 2.60. The van der Waals surface area contributed by atoms with Crippen LogP contribution in [0, 0.1) is 5.41 Å². The molecule has 18 heavy (non-hydrogen) atoms. The van der Waals surface area contributed by atoms with Gasteiger partial charge in [-0.2, -0.15) is 0 Å². The lowest BCUT2D eigenvalue weighted by Crippen LogP contribution is -2.70. The third kappa shape index (κ3) is 2.33. The monoisotopic (exact) mass is 276 g/mol. The van der Waals surface area contributed by atoms with Crippen molar-refractivity contribution in [3.05, 3.63) is 0 Å². The van der Waals surface area contributed by atoms with Crippen molar-refractivity contribution in [3.8, 4) is 0 Å². The summed E-state index contributed by atoms with van der Waals surface area (Å²) in [6, 6.07) is 0. The fourth-order valence-corrected chi connectivity index (χ4v) is 4.12. The fourth-order valence-electron chi connectivity index (χ4n) is 2.71. The highest BCUT2D eigenvalue weighted by Crippen LogP contribution is 2.51. The molecular formula is C11H20N2O4S. The molecule has 1 spiro atoms. The van der Waals surface area contributed by atoms with E-state index in [0.29, 0.717) is 19.5 Å². The summed E-state index contributed by atoms with van der Waals surface area (Å²) in [4.78, 5) is 13.3. The van der Waals surface area contributed by atoms with Crippen molar-refractivity contribution >= 4 is 16.1 Å². The van der Waals surface area contributed by atoms with Crippen LogP contribution in [0.1, 0.15) is 33.6 Å². The number of nitrogens with two attached hydrogens (primary N) is 1. The predicted molar refractivity (Wildman–Crippen MR) is 66.4 cm³/mol. The highest BCUT2D eigenvalue weighted by atomic mass is 32.2. The van der Waals surface area contributed by atoms with E-state index in [1.54, 1.807) is 25.7 Å². The molecule has 2 fully saturated rings. The Morgan fingerprint density at radius 2 is 1.94 bits per heavy atom. The van der Waals surface area contributed by atoms with E-state index in [9.17, 15) is 13.2 Å². The number of likely N-dealkylation sites (tertiary alicyclic amines) is 1. The molecule has 0 aromatic carbocycles. The number of hydrogen-bond acceptors (Lipinski definition) is 4. The maximum Gasteiger partial charge on any atom is 0.410 e. The number of primary sulfonamides is 1. The number of amides is 1. The molecule has 1 saturated carbocycles. The fraction of sp³-hybridized carbons (Fsp3) is 0.909. The molecule has 2 aliphatic rings. The number of nitrogens with zero attached hydrogens (tertiary/aromatic N) is 1. The van der Waals surface area contributed by atoms with Gasteiger partial charge in [-0.25, -0.2) is 18.4 Å². The molecule has 1 amide bonds. The van der Waals surface area contributed by atoms with E-state index in [1.807, 2.05) is 0 Å². The third-order valence-electron chi connectivity index (χ3n) is 3.65. The Bertz CT molecular complexity index is 460. The molecule has 1 saturated heterocycles. The zero-order chi connectivity index (χ0) is 13.8. The van der Waals surface area contributed by atoms with E-state index < -0.39 is 20.9 Å². The molecule has 2 N–H and O–H groups in total. The molecule has 1 atom stereocenters. The number of carbonyl (C=O) groups excluding carboxylic acids is 1. The van der Waals surface area contributed by atoms with Gasteiger partial charge < -0.3 is 9.64 Å². The minimum absolute atomic E-state index is 0.315. The second-order valence-corrected chi connectivity index (χ2v) is 8.06. The van der Waals surface area contributed by atoms with Crippen LogP contribution in [0.4, 0.5) is 4.79 Å². The molecule has 2 rings (SSSR count). The summed E-state index contributed by atoms with van der Waals surface area (Å²) in [6.45, 7) is 6.27. The van der Waals surface area contributed by atoms with Crippen LogP contribution in [-0.2, 0) is 14.8 Å². The quantitative estimate of drug-likeness (QED) is 0.762. The van der Waals surface area contributed by atoms with Crippen LogP contribution >= 0.6 is 0 Å². The second-order valence-electron chi connectivity index (χ2n) is 6.32. The molecule has 0 aromatic heterocycles. The lowest BCUT2D eigenvalue weighted by atomic mass is 9.63. The molecule has 1 aliphatic heterocycles. The summed E-state index contributed by atoms with van der Waals surface area (Å²) in [5.41, 5.74) is -0.844. The van der Waals surface area contributed by atoms with Gasteiger partial charge >= 0.3 is 6.09 Å². The molecule has 7 heteroatoms. The molecule has 104 valence electrons. The van der Waals surface area contributed by atoms with Gasteiger partial charge in [-0.1, -0.05) is 0 Å². The Morgan fingerprint density at radius 1 is 1.39 bits per heavy atom. The van der Waals surface area contributed by atoms with Crippen LogP contribution in [0.25, 0.3) is 0 Å². The lowest BCUT2D eigenvalue weighted by Gasteiger charge is -2.59. The molecule has 0 radical (unpaired) electrons. The van der Waals surface area contributed by atoms with Crippen LogP contribution < -0.4 is 5.14 Å². The molecule has 6 nitrogen and oxygen atoms in total. The first-order chi connectivity index (χ1) is 8.04. The van der Waals surface area contributed by atoms with Crippen LogP contribution in [0.3, 0.4) is 0 Å². The van der Waals surface area contributed by atoms with Gasteiger partial charge in [0.05, 0.1) is 5.25 Å². The number of ether oxygens (including phenoxy) is 1. The van der Waals surface area contributed by atoms with Crippen LogP contribution in [-0.4, -0.2) is 43.4 Å². The van der Waals surface area contributed by atoms with Crippen LogP contribution in [0.5, 0.6) is 0 Å². The third-order valence-corrected chi connectivity index (χ3v) is 5.18. The smallest absolute Gasteiger partial charge is 0.410 e. The Kier molecular flexibility index (Phi) is 2.90. The summed E-state index contributed by atoms with van der Waals surface area (Å²) in [5, 5.41) is 4.69. The van der Waals surface area contributed by atoms with Gasteiger partial charge in [0.25, 0.3) is 0 Å². The average molecular weight is 276 g/mol. The van der Waals surface area contributed by atoms with Gasteiger partial charge in [0.1, 0.15) is 5.60 Å². The van der Waals surface area contributed by atoms with Crippen LogP contribution in [0.2, 0.25) is 0 Å². The summed E-state index contributed by atoms with van der Waals surface area (Å²) in [6.07, 6.45) is 1.03. The molecule has 1 aliphatic carbocycles. The van der Waals surface area contributed by atoms with Gasteiger partial charge in [-0.05, 0) is 33.6 Å². The summed E-state index contributed by atoms with van der Waals surface area (Å²) in [7, 11) is -3.50. The van der Waals surface area contributed by atoms with Gasteiger partial charge in [-0.15, -0.1) is 0 Å². The first-order valence-electron chi connectivity index (χ1n) is 6.03. The zero-order valence-corrected chi connectivity index (χ0v) is 11.8. The summed E-state index contributed by atoms with van der Waals surface area (Å²) in [5.74, 6) is 0. The largest absolute Gasteiger partial charge is 0.444 e. The van der Waals surface area contributed by atoms with Crippen LogP contribution in [0.15, 0.2) is 0 Å². The number of carbonyl (C=O) groups is 1. The molecule has 0 bridgehead atoms. The van der Waals surface area contributed by atoms with E-state index in [-0.39, 0.29) is 11.5 Å². The first-order valence-corrected chi connectivity index (χ1v) is 7.64. The SMILES string of the molecule is CC(C)(C)OC(=O)N1CC2(CCC2S(N)(=O)=O)C1. The zero-order valence-electron chi connectivity index (χ0n) is 11.0. The van der Waals surface area contributed by atoms with E-state index in [1.165, 1.54) is 0 Å². The minimum atomic E-state index is -3.50. The first kappa shape index (κ1) is 13.6. The normalized spacial score (nSPS) is 26.4. The topological polar surface area (TPSA) is 89.7 Å². The van der Waals surface area contributed by atoms with Crippen molar-refractivity contribution in [2.24, 2.45) is 10.6 Å². The van der Waals surface area contributed by atoms with Crippen molar-refractivity contribution in [1.29, 1.82) is 0 Å². The Balaban J connectivity index is 1.93. The maximum atomic E-state index is 11.7. The van der Waals surface area contributed by atoms with Crippen molar-refractivity contribution in [3.63, 3.8) is 0 Å². The Hall–Kier alpha value is -0.820. The Morgan fingerprint density at radius 3 is 2.28 bits per heavy atom. The Labute approximate surface area is 108 Å². The summed E-state index contributed by atoms with van der Waals surface area (Å²) >= 11 is 0. The minimum Gasteiger partial charge on any atom is -0.444 e. The van der Waals surface area contributed by atoms with E-state index in [4.69, 9.17) is 9.88 Å². The number of hydrogen-bond donors (Lipinski definition) is 1. The number of sulfonamides is 1. The standard InChI is InChI=1S/C11H20N2O4S/c1-10(2,3)17-9(14)13-6-11(7-13)5-4-8(11)18(12,15)16/h8H,4-7H2,1-3H3,(H2,12,15,16). The van der Waals surface area contributed by atoms with Crippen molar-refractivity contribution < 1.29 is 17.9 Å². The van der Waals surface area contributed by atoms with E-state index >= 15 is 0 Å². The second kappa shape index (κ2) is 3.84. The average Bonchev–Trinajstić information content (AvgIpc) is 1.90. The van der Waals surface area contributed by atoms with Gasteiger partial charge in [0.15, 0.2) is 0 Å². The van der Waals surface area contributed by atoms with Gasteiger partial charge in [0, 0.05) is 18.5 Å². The predicted octanol–water partition coefficient (Wildman–Crippen LogP) is 0.674. The highest BCUT2D eigenvalue weighted by molar-refractivity contribution is 7.89. The van der Waals surface area contributed by atoms with Crippen molar-refractivity contribution in [1.82, 2.24) is 4.90 Å². The number of rotatable bonds is 1. The molecular weight excluding hydrogens is 256 g/mol. The van der Waals surface area contributed by atoms with Gasteiger partial charge in [-0.3, -0.25) is 0 Å². The molecule has 0 aromatic rings. The van der Waals surface area contributed by atoms with Crippen molar-refractivity contribution in [2.45, 2.75) is 44.5 Å². The van der Waals surface area contributed by atoms with E-state index in [2.05, 4.69) is 0 Å². The summed E-state index contributed by atoms with van der Waals surface area (Å²) < 4.78 is 28.0. The molecule has 1 unspecified atom stereocenters. The lowest BCUT2D eigenvalue weighted by molar-refractivity contribution is -0.0659. The van der Waals surface area contributed by atoms with E-state index in [0.717, 1.165) is 6.42 Å². The van der Waals surface area contributed by atoms with Gasteiger partial charge in [0.2, 0.25) is 10.0 Å². The maximum absolute atomic E-state index is 11.7. The molecule has 1 heterocycles.